The topological polar surface area (TPSA) is 83.7 Å². The Hall–Kier alpha value is -0.730. The third kappa shape index (κ3) is 3.39. The van der Waals surface area contributed by atoms with Crippen LogP contribution in [0.5, 0.6) is 0 Å². The van der Waals surface area contributed by atoms with Crippen LogP contribution in [-0.4, -0.2) is 59.9 Å². The lowest BCUT2D eigenvalue weighted by Gasteiger charge is -2.24. The van der Waals surface area contributed by atoms with Gasteiger partial charge in [0.2, 0.25) is 15.9 Å². The Morgan fingerprint density at radius 3 is 2.39 bits per heavy atom. The highest BCUT2D eigenvalue weighted by molar-refractivity contribution is 7.92. The molecule has 2 N–H and O–H groups in total. The van der Waals surface area contributed by atoms with Gasteiger partial charge >= 0.3 is 0 Å². The molecule has 0 aromatic rings. The van der Waals surface area contributed by atoms with Gasteiger partial charge in [-0.3, -0.25) is 4.79 Å². The second-order valence-electron chi connectivity index (χ2n) is 4.35. The third-order valence-corrected chi connectivity index (χ3v) is 5.84. The molecule has 18 heavy (non-hydrogen) atoms. The summed E-state index contributed by atoms with van der Waals surface area (Å²) in [7, 11) is -3.50. The molecule has 1 amide bonds. The number of nitrogens with zero attached hydrogens (tertiary/aromatic N) is 2. The van der Waals surface area contributed by atoms with E-state index in [4.69, 9.17) is 18.0 Å². The van der Waals surface area contributed by atoms with Crippen LogP contribution in [0.3, 0.4) is 0 Å². The zero-order chi connectivity index (χ0) is 13.9. The summed E-state index contributed by atoms with van der Waals surface area (Å²) >= 11 is 4.74. The molecule has 6 nitrogen and oxygen atoms in total. The van der Waals surface area contributed by atoms with Crippen molar-refractivity contribution in [3.63, 3.8) is 0 Å². The minimum Gasteiger partial charge on any atom is -0.392 e. The van der Waals surface area contributed by atoms with Crippen LogP contribution in [0.15, 0.2) is 0 Å². The molecule has 104 valence electrons. The smallest absolute Gasteiger partial charge is 0.223 e. The number of hydrogen-bond acceptors (Lipinski definition) is 4. The van der Waals surface area contributed by atoms with Gasteiger partial charge in [0, 0.05) is 33.1 Å². The molecule has 1 fully saturated rings. The van der Waals surface area contributed by atoms with Crippen LogP contribution < -0.4 is 5.73 Å². The minimum atomic E-state index is -3.50. The van der Waals surface area contributed by atoms with Crippen molar-refractivity contribution in [3.05, 3.63) is 0 Å². The highest BCUT2D eigenvalue weighted by atomic mass is 32.2. The molecule has 1 unspecified atom stereocenters. The highest BCUT2D eigenvalue weighted by Crippen LogP contribution is 2.13. The van der Waals surface area contributed by atoms with E-state index in [1.54, 1.807) is 4.90 Å². The molecule has 1 saturated heterocycles. The molecule has 0 spiro atoms. The van der Waals surface area contributed by atoms with Crippen LogP contribution in [0.4, 0.5) is 0 Å². The Bertz CT molecular complexity index is 436. The molecule has 0 bridgehead atoms. The number of amides is 1. The third-order valence-electron chi connectivity index (χ3n) is 3.11. The van der Waals surface area contributed by atoms with E-state index in [0.717, 1.165) is 0 Å². The number of rotatable bonds is 3. The average Bonchev–Trinajstić information content (AvgIpc) is 2.53. The van der Waals surface area contributed by atoms with Crippen LogP contribution in [0.25, 0.3) is 0 Å². The van der Waals surface area contributed by atoms with Gasteiger partial charge in [0.25, 0.3) is 0 Å². The maximum absolute atomic E-state index is 12.2. The zero-order valence-corrected chi connectivity index (χ0v) is 12.3. The first-order valence-corrected chi connectivity index (χ1v) is 7.71. The summed E-state index contributed by atoms with van der Waals surface area (Å²) in [5.41, 5.74) is 5.40. The first kappa shape index (κ1) is 15.3. The quantitative estimate of drug-likeness (QED) is 0.712. The zero-order valence-electron chi connectivity index (χ0n) is 10.6. The van der Waals surface area contributed by atoms with Gasteiger partial charge in [0.05, 0.1) is 4.99 Å². The fourth-order valence-electron chi connectivity index (χ4n) is 1.83. The molecule has 0 aromatic carbocycles. The summed E-state index contributed by atoms with van der Waals surface area (Å²) in [5, 5.41) is -0.864. The fraction of sp³-hybridized carbons (Fsp3) is 0.800. The molecular formula is C10H19N3O3S2. The van der Waals surface area contributed by atoms with Gasteiger partial charge in [-0.1, -0.05) is 12.2 Å². The lowest BCUT2D eigenvalue weighted by atomic mass is 10.4. The van der Waals surface area contributed by atoms with Crippen molar-refractivity contribution in [1.82, 2.24) is 9.21 Å². The Kier molecular flexibility index (Phi) is 5.06. The van der Waals surface area contributed by atoms with E-state index < -0.39 is 15.3 Å². The number of carbonyl (C=O) groups excluding carboxylic acids is 1. The van der Waals surface area contributed by atoms with Gasteiger partial charge in [0.1, 0.15) is 5.25 Å². The predicted octanol–water partition coefficient (Wildman–Crippen LogP) is -0.455. The summed E-state index contributed by atoms with van der Waals surface area (Å²) in [5.74, 6) is -0.0309. The molecule has 1 aliphatic rings. The monoisotopic (exact) mass is 293 g/mol. The van der Waals surface area contributed by atoms with Crippen molar-refractivity contribution >= 4 is 33.1 Å². The predicted molar refractivity (Wildman–Crippen MR) is 73.6 cm³/mol. The normalized spacial score (nSPS) is 20.2. The molecule has 0 aliphatic carbocycles. The standard InChI is InChI=1S/C10H19N3O3S2/c1-8(10(11)17)18(15,16)13-5-3-4-12(6-7-13)9(2)14/h8H,3-7H2,1-2H3,(H2,11,17). The molecule has 1 aliphatic heterocycles. The number of sulfonamides is 1. The molecule has 8 heteroatoms. The summed E-state index contributed by atoms with van der Waals surface area (Å²) in [6.45, 7) is 4.68. The van der Waals surface area contributed by atoms with Crippen molar-refractivity contribution in [2.75, 3.05) is 26.2 Å². The fourth-order valence-corrected chi connectivity index (χ4v) is 3.66. The van der Waals surface area contributed by atoms with E-state index in [0.29, 0.717) is 32.6 Å². The second-order valence-corrected chi connectivity index (χ2v) is 7.07. The van der Waals surface area contributed by atoms with Gasteiger partial charge in [-0.25, -0.2) is 8.42 Å². The van der Waals surface area contributed by atoms with Crippen molar-refractivity contribution in [2.45, 2.75) is 25.5 Å². The van der Waals surface area contributed by atoms with E-state index in [9.17, 15) is 13.2 Å². The van der Waals surface area contributed by atoms with Gasteiger partial charge < -0.3 is 10.6 Å². The van der Waals surface area contributed by atoms with Gasteiger partial charge in [-0.2, -0.15) is 4.31 Å². The SMILES string of the molecule is CC(=O)N1CCCN(S(=O)(=O)C(C)C(N)=S)CC1. The highest BCUT2D eigenvalue weighted by Gasteiger charge is 2.32. The first-order valence-electron chi connectivity index (χ1n) is 5.80. The second kappa shape index (κ2) is 5.94. The Labute approximate surface area is 113 Å². The number of carbonyl (C=O) groups is 1. The largest absolute Gasteiger partial charge is 0.392 e. The van der Waals surface area contributed by atoms with Crippen molar-refractivity contribution in [3.8, 4) is 0 Å². The molecular weight excluding hydrogens is 274 g/mol. The van der Waals surface area contributed by atoms with E-state index >= 15 is 0 Å². The average molecular weight is 293 g/mol. The number of hydrogen-bond donors (Lipinski definition) is 1. The summed E-state index contributed by atoms with van der Waals surface area (Å²) in [6, 6.07) is 0. The minimum absolute atomic E-state index is 0.0253. The Morgan fingerprint density at radius 1 is 1.28 bits per heavy atom. The molecule has 0 saturated carbocycles. The van der Waals surface area contributed by atoms with Crippen LogP contribution in [-0.2, 0) is 14.8 Å². The van der Waals surface area contributed by atoms with E-state index in [2.05, 4.69) is 0 Å². The van der Waals surface area contributed by atoms with Gasteiger partial charge in [0.15, 0.2) is 0 Å². The van der Waals surface area contributed by atoms with Gasteiger partial charge in [-0.05, 0) is 13.3 Å². The molecule has 0 radical (unpaired) electrons. The van der Waals surface area contributed by atoms with E-state index in [1.807, 2.05) is 0 Å². The Morgan fingerprint density at radius 2 is 1.89 bits per heavy atom. The van der Waals surface area contributed by atoms with Crippen LogP contribution in [0, 0.1) is 0 Å². The first-order chi connectivity index (χ1) is 8.26. The molecule has 1 rings (SSSR count). The van der Waals surface area contributed by atoms with Crippen molar-refractivity contribution < 1.29 is 13.2 Å². The van der Waals surface area contributed by atoms with Crippen LogP contribution >= 0.6 is 12.2 Å². The summed E-state index contributed by atoms with van der Waals surface area (Å²) in [4.78, 5) is 12.9. The number of nitrogens with two attached hydrogens (primary N) is 1. The van der Waals surface area contributed by atoms with Crippen molar-refractivity contribution in [1.29, 1.82) is 0 Å². The van der Waals surface area contributed by atoms with Crippen molar-refractivity contribution in [2.24, 2.45) is 5.73 Å². The maximum atomic E-state index is 12.2. The lowest BCUT2D eigenvalue weighted by Crippen LogP contribution is -2.44. The lowest BCUT2D eigenvalue weighted by molar-refractivity contribution is -0.128. The van der Waals surface area contributed by atoms with Crippen LogP contribution in [0.2, 0.25) is 0 Å². The number of thiocarbonyl (C=S) groups is 1. The van der Waals surface area contributed by atoms with E-state index in [-0.39, 0.29) is 10.9 Å². The molecule has 0 aromatic heterocycles. The maximum Gasteiger partial charge on any atom is 0.223 e. The van der Waals surface area contributed by atoms with Gasteiger partial charge in [-0.15, -0.1) is 0 Å². The summed E-state index contributed by atoms with van der Waals surface area (Å²) < 4.78 is 25.8. The van der Waals surface area contributed by atoms with Crippen LogP contribution in [0.1, 0.15) is 20.3 Å². The molecule has 1 heterocycles. The molecule has 1 atom stereocenters. The Balaban J connectivity index is 2.80. The summed E-state index contributed by atoms with van der Waals surface area (Å²) in [6.07, 6.45) is 0.628. The van der Waals surface area contributed by atoms with E-state index in [1.165, 1.54) is 18.2 Å².